The van der Waals surface area contributed by atoms with Gasteiger partial charge in [-0.25, -0.2) is 18.4 Å². The van der Waals surface area contributed by atoms with Crippen molar-refractivity contribution in [2.75, 3.05) is 13.1 Å². The zero-order valence-electron chi connectivity index (χ0n) is 21.4. The van der Waals surface area contributed by atoms with Crippen molar-refractivity contribution in [1.29, 1.82) is 0 Å². The van der Waals surface area contributed by atoms with Crippen LogP contribution in [0.1, 0.15) is 30.9 Å². The second-order valence-electron chi connectivity index (χ2n) is 9.39. The zero-order valence-corrected chi connectivity index (χ0v) is 22.2. The van der Waals surface area contributed by atoms with E-state index in [1.165, 1.54) is 71.6 Å². The molecule has 1 amide bonds. The summed E-state index contributed by atoms with van der Waals surface area (Å²) in [6.45, 7) is 2.60. The number of rotatable bonds is 9. The van der Waals surface area contributed by atoms with E-state index in [9.17, 15) is 31.9 Å². The molecule has 0 aliphatic carbocycles. The third kappa shape index (κ3) is 7.60. The average Bonchev–Trinajstić information content (AvgIpc) is 3.40. The Labute approximate surface area is 231 Å². The molecule has 4 rings (SSSR count). The maximum absolute atomic E-state index is 14.8. The highest BCUT2D eigenvalue weighted by Crippen LogP contribution is 2.40. The largest absolute Gasteiger partial charge is 0.573 e. The summed E-state index contributed by atoms with van der Waals surface area (Å²) in [5.41, 5.74) is -1.21. The van der Waals surface area contributed by atoms with Gasteiger partial charge in [-0.3, -0.25) is 4.79 Å². The lowest BCUT2D eigenvalue weighted by atomic mass is 9.90. The van der Waals surface area contributed by atoms with Crippen LogP contribution in [0.15, 0.2) is 61.2 Å². The molecular weight excluding hydrogens is 555 g/mol. The van der Waals surface area contributed by atoms with Gasteiger partial charge in [0.15, 0.2) is 0 Å². The Bertz CT molecular complexity index is 1310. The number of alkyl halides is 3. The number of carbonyl (C=O) groups is 1. The topological polar surface area (TPSA) is 80.5 Å². The SMILES string of the molecule is CC(SC1CCN(C(=O)C=Cc2ccc(OC(F)(F)F)cc2)CC1)C(O)(Cn1cncn1)c1ccc(F)cc1F. The summed E-state index contributed by atoms with van der Waals surface area (Å²) >= 11 is 1.47. The Morgan fingerprint density at radius 2 is 1.88 bits per heavy atom. The number of aliphatic hydroxyl groups is 1. The summed E-state index contributed by atoms with van der Waals surface area (Å²) in [5.74, 6) is -2.18. The van der Waals surface area contributed by atoms with Crippen LogP contribution in [-0.4, -0.2) is 60.6 Å². The number of thioether (sulfide) groups is 1. The van der Waals surface area contributed by atoms with E-state index in [0.29, 0.717) is 31.5 Å². The molecule has 0 bridgehead atoms. The Hall–Kier alpha value is -3.45. The Morgan fingerprint density at radius 3 is 2.48 bits per heavy atom. The van der Waals surface area contributed by atoms with Crippen molar-refractivity contribution in [1.82, 2.24) is 19.7 Å². The number of amides is 1. The van der Waals surface area contributed by atoms with Gasteiger partial charge in [0.25, 0.3) is 0 Å². The predicted octanol–water partition coefficient (Wildman–Crippen LogP) is 5.17. The molecule has 7 nitrogen and oxygen atoms in total. The van der Waals surface area contributed by atoms with Gasteiger partial charge in [-0.1, -0.05) is 25.1 Å². The molecule has 0 radical (unpaired) electrons. The normalized spacial score (nSPS) is 17.1. The van der Waals surface area contributed by atoms with Crippen molar-refractivity contribution in [2.45, 2.75) is 48.8 Å². The number of likely N-dealkylation sites (tertiary alicyclic amines) is 1. The number of aromatic nitrogens is 3. The first-order valence-electron chi connectivity index (χ1n) is 12.4. The molecule has 1 aliphatic rings. The van der Waals surface area contributed by atoms with Crippen molar-refractivity contribution in [3.05, 3.63) is 84.0 Å². The van der Waals surface area contributed by atoms with Crippen molar-refractivity contribution < 1.29 is 36.6 Å². The van der Waals surface area contributed by atoms with Gasteiger partial charge in [-0.15, -0.1) is 13.2 Å². The minimum Gasteiger partial charge on any atom is -0.406 e. The van der Waals surface area contributed by atoms with Crippen LogP contribution in [0.4, 0.5) is 22.0 Å². The highest BCUT2D eigenvalue weighted by Gasteiger charge is 2.41. The van der Waals surface area contributed by atoms with Gasteiger partial charge in [-0.05, 0) is 42.7 Å². The molecule has 1 aliphatic heterocycles. The number of hydrogen-bond acceptors (Lipinski definition) is 6. The fourth-order valence-electron chi connectivity index (χ4n) is 4.50. The Kier molecular flexibility index (Phi) is 9.14. The summed E-state index contributed by atoms with van der Waals surface area (Å²) < 4.78 is 70.5. The van der Waals surface area contributed by atoms with Crippen LogP contribution in [0.2, 0.25) is 0 Å². The smallest absolute Gasteiger partial charge is 0.406 e. The molecule has 3 aromatic rings. The van der Waals surface area contributed by atoms with Crippen molar-refractivity contribution in [3.8, 4) is 5.75 Å². The molecule has 0 spiro atoms. The first-order valence-corrected chi connectivity index (χ1v) is 13.4. The van der Waals surface area contributed by atoms with Crippen LogP contribution < -0.4 is 4.74 Å². The number of carbonyl (C=O) groups excluding carboxylic acids is 1. The Morgan fingerprint density at radius 1 is 1.18 bits per heavy atom. The number of piperidine rings is 1. The third-order valence-corrected chi connectivity index (χ3v) is 8.28. The number of halogens is 5. The molecule has 2 unspecified atom stereocenters. The van der Waals surface area contributed by atoms with Gasteiger partial charge in [0.2, 0.25) is 5.91 Å². The minimum absolute atomic E-state index is 0.0415. The molecule has 2 aromatic carbocycles. The summed E-state index contributed by atoms with van der Waals surface area (Å²) in [6, 6.07) is 8.25. The molecular formula is C27H27F5N4O3S. The molecule has 1 aromatic heterocycles. The maximum Gasteiger partial charge on any atom is 0.573 e. The summed E-state index contributed by atoms with van der Waals surface area (Å²) in [6.07, 6.45) is 2.08. The zero-order chi connectivity index (χ0) is 28.9. The molecule has 2 heterocycles. The molecule has 0 saturated carbocycles. The van der Waals surface area contributed by atoms with Gasteiger partial charge in [-0.2, -0.15) is 16.9 Å². The predicted molar refractivity (Wildman–Crippen MR) is 139 cm³/mol. The molecule has 13 heteroatoms. The van der Waals surface area contributed by atoms with E-state index in [1.807, 2.05) is 0 Å². The van der Waals surface area contributed by atoms with E-state index < -0.39 is 28.8 Å². The van der Waals surface area contributed by atoms with Gasteiger partial charge in [0, 0.05) is 41.3 Å². The van der Waals surface area contributed by atoms with Crippen LogP contribution in [0.5, 0.6) is 5.75 Å². The lowest BCUT2D eigenvalue weighted by Gasteiger charge is -2.38. The van der Waals surface area contributed by atoms with Crippen LogP contribution in [0.25, 0.3) is 6.08 Å². The van der Waals surface area contributed by atoms with Gasteiger partial charge in [0.05, 0.1) is 6.54 Å². The van der Waals surface area contributed by atoms with Crippen LogP contribution in [0, 0.1) is 11.6 Å². The summed E-state index contributed by atoms with van der Waals surface area (Å²) in [4.78, 5) is 18.2. The Balaban J connectivity index is 1.35. The van der Waals surface area contributed by atoms with E-state index in [2.05, 4.69) is 14.8 Å². The quantitative estimate of drug-likeness (QED) is 0.277. The summed E-state index contributed by atoms with van der Waals surface area (Å²) in [5, 5.41) is 15.3. The lowest BCUT2D eigenvalue weighted by molar-refractivity contribution is -0.274. The minimum atomic E-state index is -4.78. The highest BCUT2D eigenvalue weighted by atomic mass is 32.2. The van der Waals surface area contributed by atoms with E-state index in [4.69, 9.17) is 0 Å². The second-order valence-corrected chi connectivity index (χ2v) is 11.0. The van der Waals surface area contributed by atoms with Crippen molar-refractivity contribution in [3.63, 3.8) is 0 Å². The monoisotopic (exact) mass is 582 g/mol. The molecule has 1 N–H and O–H groups in total. The second kappa shape index (κ2) is 12.4. The number of nitrogens with zero attached hydrogens (tertiary/aromatic N) is 4. The molecule has 1 saturated heterocycles. The number of ether oxygens (including phenoxy) is 1. The highest BCUT2D eigenvalue weighted by molar-refractivity contribution is 8.00. The fraction of sp³-hybridized carbons (Fsp3) is 0.370. The van der Waals surface area contributed by atoms with Crippen molar-refractivity contribution in [2.24, 2.45) is 0 Å². The van der Waals surface area contributed by atoms with Crippen LogP contribution in [-0.2, 0) is 16.9 Å². The number of hydrogen-bond donors (Lipinski definition) is 1. The first kappa shape index (κ1) is 29.5. The first-order chi connectivity index (χ1) is 18.9. The molecule has 1 fully saturated rings. The average molecular weight is 583 g/mol. The number of benzene rings is 2. The standard InChI is InChI=1S/C27H27F5N4O3S/c1-18(26(38,15-36-17-33-16-34-36)23-8-5-20(28)14-24(23)29)40-22-10-12-35(13-11-22)25(37)9-4-19-2-6-21(7-3-19)39-27(30,31)32/h2-9,14,16-18,22,38H,10-13,15H2,1H3. The van der Waals surface area contributed by atoms with E-state index in [1.54, 1.807) is 11.8 Å². The maximum atomic E-state index is 14.8. The van der Waals surface area contributed by atoms with Gasteiger partial charge >= 0.3 is 6.36 Å². The van der Waals surface area contributed by atoms with Crippen LogP contribution >= 0.6 is 11.8 Å². The molecule has 214 valence electrons. The van der Waals surface area contributed by atoms with Crippen molar-refractivity contribution >= 4 is 23.7 Å². The third-order valence-electron chi connectivity index (χ3n) is 6.62. The van der Waals surface area contributed by atoms with Crippen LogP contribution in [0.3, 0.4) is 0 Å². The fourth-order valence-corrected chi connectivity index (χ4v) is 5.99. The molecule has 2 atom stereocenters. The summed E-state index contributed by atoms with van der Waals surface area (Å²) in [7, 11) is 0. The van der Waals surface area contributed by atoms with E-state index in [-0.39, 0.29) is 29.0 Å². The van der Waals surface area contributed by atoms with Gasteiger partial charge in [0.1, 0.15) is 35.6 Å². The van der Waals surface area contributed by atoms with E-state index in [0.717, 1.165) is 12.1 Å². The lowest BCUT2D eigenvalue weighted by Crippen LogP contribution is -2.44. The molecule has 40 heavy (non-hydrogen) atoms. The van der Waals surface area contributed by atoms with Gasteiger partial charge < -0.3 is 14.7 Å². The van der Waals surface area contributed by atoms with E-state index >= 15 is 0 Å².